The number of nitrogens with zero attached hydrogens (tertiary/aromatic N) is 4. The quantitative estimate of drug-likeness (QED) is 0.845. The van der Waals surface area contributed by atoms with Crippen LogP contribution in [0.4, 0.5) is 0 Å². The van der Waals surface area contributed by atoms with E-state index in [0.29, 0.717) is 0 Å². The van der Waals surface area contributed by atoms with Gasteiger partial charge in [0.05, 0.1) is 16.7 Å². The van der Waals surface area contributed by atoms with Crippen LogP contribution in [0.5, 0.6) is 0 Å². The fourth-order valence-corrected chi connectivity index (χ4v) is 2.70. The molecule has 5 nitrogen and oxygen atoms in total. The largest absolute Gasteiger partial charge is 0.308 e. The minimum atomic E-state index is 0.222. The zero-order valence-corrected chi connectivity index (χ0v) is 12.6. The fourth-order valence-electron chi connectivity index (χ4n) is 2.03. The van der Waals surface area contributed by atoms with Gasteiger partial charge in [-0.1, -0.05) is 6.92 Å². The molecule has 2 aromatic rings. The van der Waals surface area contributed by atoms with Gasteiger partial charge in [0.2, 0.25) is 0 Å². The van der Waals surface area contributed by atoms with Crippen molar-refractivity contribution in [3.63, 3.8) is 0 Å². The third kappa shape index (κ3) is 3.61. The summed E-state index contributed by atoms with van der Waals surface area (Å²) in [4.78, 5) is 8.95. The van der Waals surface area contributed by atoms with E-state index in [9.17, 15) is 0 Å². The molecule has 2 rings (SSSR count). The summed E-state index contributed by atoms with van der Waals surface area (Å²) in [6.45, 7) is 8.14. The average Bonchev–Trinajstić information content (AvgIpc) is 3.02. The second-order valence-corrected chi connectivity index (χ2v) is 5.56. The molecule has 19 heavy (non-hydrogen) atoms. The van der Waals surface area contributed by atoms with E-state index in [1.165, 1.54) is 0 Å². The van der Waals surface area contributed by atoms with E-state index in [0.717, 1.165) is 42.5 Å². The first-order chi connectivity index (χ1) is 9.24. The van der Waals surface area contributed by atoms with E-state index in [2.05, 4.69) is 39.6 Å². The van der Waals surface area contributed by atoms with Gasteiger partial charge in [-0.25, -0.2) is 9.97 Å². The molecule has 1 unspecified atom stereocenters. The van der Waals surface area contributed by atoms with Gasteiger partial charge < -0.3 is 5.32 Å². The van der Waals surface area contributed by atoms with Crippen LogP contribution in [0.2, 0.25) is 0 Å². The topological polar surface area (TPSA) is 55.6 Å². The minimum absolute atomic E-state index is 0.222. The molecule has 0 amide bonds. The van der Waals surface area contributed by atoms with Gasteiger partial charge in [-0.2, -0.15) is 5.10 Å². The van der Waals surface area contributed by atoms with E-state index in [4.69, 9.17) is 0 Å². The lowest BCUT2D eigenvalue weighted by atomic mass is 10.1. The SMILES string of the molecule is CCCNC(Cc1ncnn1CC)c1csc(C)n1. The average molecular weight is 279 g/mol. The Kier molecular flexibility index (Phi) is 5.04. The number of hydrogen-bond donors (Lipinski definition) is 1. The summed E-state index contributed by atoms with van der Waals surface area (Å²) in [7, 11) is 0. The zero-order valence-electron chi connectivity index (χ0n) is 11.8. The predicted molar refractivity (Wildman–Crippen MR) is 77.3 cm³/mol. The lowest BCUT2D eigenvalue weighted by molar-refractivity contribution is 0.489. The monoisotopic (exact) mass is 279 g/mol. The molecule has 1 atom stereocenters. The first-order valence-electron chi connectivity index (χ1n) is 6.76. The molecule has 0 bridgehead atoms. The molecule has 0 aromatic carbocycles. The number of aromatic nitrogens is 4. The molecule has 2 heterocycles. The van der Waals surface area contributed by atoms with Crippen molar-refractivity contribution in [1.29, 1.82) is 0 Å². The van der Waals surface area contributed by atoms with Crippen LogP contribution < -0.4 is 5.32 Å². The summed E-state index contributed by atoms with van der Waals surface area (Å²) in [5.41, 5.74) is 1.11. The maximum absolute atomic E-state index is 4.60. The van der Waals surface area contributed by atoms with Crippen LogP contribution in [0.1, 0.15) is 42.8 Å². The standard InChI is InChI=1S/C13H21N5S/c1-4-6-14-11(12-8-19-10(3)17-12)7-13-15-9-16-18(13)5-2/h8-9,11,14H,4-7H2,1-3H3. The van der Waals surface area contributed by atoms with E-state index >= 15 is 0 Å². The van der Waals surface area contributed by atoms with Crippen LogP contribution >= 0.6 is 11.3 Å². The van der Waals surface area contributed by atoms with Crippen molar-refractivity contribution in [2.45, 2.75) is 46.2 Å². The van der Waals surface area contributed by atoms with Gasteiger partial charge in [0.15, 0.2) is 0 Å². The molecule has 0 fully saturated rings. The lowest BCUT2D eigenvalue weighted by Gasteiger charge is -2.16. The van der Waals surface area contributed by atoms with Crippen molar-refractivity contribution < 1.29 is 0 Å². The Bertz CT molecular complexity index is 505. The van der Waals surface area contributed by atoms with Crippen LogP contribution in [0.25, 0.3) is 0 Å². The summed E-state index contributed by atoms with van der Waals surface area (Å²) in [6, 6.07) is 0.222. The summed E-state index contributed by atoms with van der Waals surface area (Å²) in [5, 5.41) is 11.0. The summed E-state index contributed by atoms with van der Waals surface area (Å²) in [5.74, 6) is 1.02. The Morgan fingerprint density at radius 3 is 2.89 bits per heavy atom. The number of rotatable bonds is 7. The normalized spacial score (nSPS) is 12.8. The molecule has 2 aromatic heterocycles. The van der Waals surface area contributed by atoms with Crippen molar-refractivity contribution >= 4 is 11.3 Å². The molecule has 0 aliphatic rings. The Morgan fingerprint density at radius 2 is 2.26 bits per heavy atom. The highest BCUT2D eigenvalue weighted by Gasteiger charge is 2.17. The Balaban J connectivity index is 2.14. The maximum Gasteiger partial charge on any atom is 0.138 e. The highest BCUT2D eigenvalue weighted by molar-refractivity contribution is 7.09. The van der Waals surface area contributed by atoms with Gasteiger partial charge in [0.1, 0.15) is 12.2 Å². The summed E-state index contributed by atoms with van der Waals surface area (Å²) >= 11 is 1.69. The van der Waals surface area contributed by atoms with Crippen molar-refractivity contribution in [3.05, 3.63) is 28.2 Å². The molecule has 104 valence electrons. The summed E-state index contributed by atoms with van der Waals surface area (Å²) in [6.07, 6.45) is 3.57. The molecule has 0 aliphatic carbocycles. The van der Waals surface area contributed by atoms with E-state index < -0.39 is 0 Å². The van der Waals surface area contributed by atoms with Crippen LogP contribution in [-0.4, -0.2) is 26.3 Å². The molecule has 0 saturated heterocycles. The van der Waals surface area contributed by atoms with Gasteiger partial charge in [-0.15, -0.1) is 11.3 Å². The molecule has 0 saturated carbocycles. The Hall–Kier alpha value is -1.27. The fraction of sp³-hybridized carbons (Fsp3) is 0.615. The molecule has 0 aliphatic heterocycles. The molecule has 0 spiro atoms. The predicted octanol–water partition coefficient (Wildman–Crippen LogP) is 2.35. The molecular weight excluding hydrogens is 258 g/mol. The minimum Gasteiger partial charge on any atom is -0.308 e. The second kappa shape index (κ2) is 6.77. The number of hydrogen-bond acceptors (Lipinski definition) is 5. The van der Waals surface area contributed by atoms with Gasteiger partial charge in [-0.3, -0.25) is 4.68 Å². The zero-order chi connectivity index (χ0) is 13.7. The van der Waals surface area contributed by atoms with Gasteiger partial charge >= 0.3 is 0 Å². The third-order valence-corrected chi connectivity index (χ3v) is 3.81. The van der Waals surface area contributed by atoms with E-state index in [-0.39, 0.29) is 6.04 Å². The Morgan fingerprint density at radius 1 is 1.42 bits per heavy atom. The van der Waals surface area contributed by atoms with Crippen molar-refractivity contribution in [2.24, 2.45) is 0 Å². The number of thiazole rings is 1. The second-order valence-electron chi connectivity index (χ2n) is 4.49. The van der Waals surface area contributed by atoms with Crippen LogP contribution in [0, 0.1) is 6.92 Å². The highest BCUT2D eigenvalue weighted by atomic mass is 32.1. The van der Waals surface area contributed by atoms with Gasteiger partial charge in [0.25, 0.3) is 0 Å². The van der Waals surface area contributed by atoms with Crippen molar-refractivity contribution in [3.8, 4) is 0 Å². The Labute approximate surface area is 118 Å². The number of aryl methyl sites for hydroxylation is 2. The van der Waals surface area contributed by atoms with Gasteiger partial charge in [-0.05, 0) is 26.8 Å². The van der Waals surface area contributed by atoms with Crippen LogP contribution in [0.15, 0.2) is 11.7 Å². The third-order valence-electron chi connectivity index (χ3n) is 3.02. The van der Waals surface area contributed by atoms with Gasteiger partial charge in [0, 0.05) is 18.3 Å². The van der Waals surface area contributed by atoms with Crippen LogP contribution in [-0.2, 0) is 13.0 Å². The highest BCUT2D eigenvalue weighted by Crippen LogP contribution is 2.19. The smallest absolute Gasteiger partial charge is 0.138 e. The first kappa shape index (κ1) is 14.1. The molecular formula is C13H21N5S. The lowest BCUT2D eigenvalue weighted by Crippen LogP contribution is -2.25. The van der Waals surface area contributed by atoms with Crippen molar-refractivity contribution in [1.82, 2.24) is 25.1 Å². The molecule has 0 radical (unpaired) electrons. The van der Waals surface area contributed by atoms with Crippen molar-refractivity contribution in [2.75, 3.05) is 6.54 Å². The summed E-state index contributed by atoms with van der Waals surface area (Å²) < 4.78 is 1.94. The van der Waals surface area contributed by atoms with E-state index in [1.54, 1.807) is 17.7 Å². The molecule has 6 heteroatoms. The van der Waals surface area contributed by atoms with E-state index in [1.807, 2.05) is 11.6 Å². The number of nitrogens with one attached hydrogen (secondary N) is 1. The first-order valence-corrected chi connectivity index (χ1v) is 7.64. The molecule has 1 N–H and O–H groups in total. The maximum atomic E-state index is 4.60. The van der Waals surface area contributed by atoms with Crippen LogP contribution in [0.3, 0.4) is 0 Å².